The Morgan fingerprint density at radius 3 is 2.85 bits per heavy atom. The summed E-state index contributed by atoms with van der Waals surface area (Å²) in [5, 5.41) is 9.16. The molecular formula is C21H23N5. The molecule has 0 aliphatic carbocycles. The first kappa shape index (κ1) is 16.7. The van der Waals surface area contributed by atoms with Gasteiger partial charge in [-0.2, -0.15) is 5.26 Å². The van der Waals surface area contributed by atoms with Crippen LogP contribution >= 0.6 is 0 Å². The molecule has 1 N–H and O–H groups in total. The van der Waals surface area contributed by atoms with Gasteiger partial charge in [0.15, 0.2) is 0 Å². The summed E-state index contributed by atoms with van der Waals surface area (Å²) in [5.74, 6) is 1.00. The van der Waals surface area contributed by atoms with Gasteiger partial charge in [0.25, 0.3) is 0 Å². The van der Waals surface area contributed by atoms with Crippen molar-refractivity contribution in [2.45, 2.75) is 44.7 Å². The smallest absolute Gasteiger partial charge is 0.124 e. The SMILES string of the molecule is Cc1cccnc1[C@@H]1CCC[C@H](c2nc3ccccc3[nH]2)N1CCC#N. The normalized spacial score (nSPS) is 20.9. The predicted molar refractivity (Wildman–Crippen MR) is 101 cm³/mol. The Morgan fingerprint density at radius 2 is 2.04 bits per heavy atom. The van der Waals surface area contributed by atoms with Crippen LogP contribution in [0.3, 0.4) is 0 Å². The van der Waals surface area contributed by atoms with Gasteiger partial charge in [-0.15, -0.1) is 0 Å². The molecule has 3 heterocycles. The molecule has 2 aromatic heterocycles. The summed E-state index contributed by atoms with van der Waals surface area (Å²) in [6.45, 7) is 2.86. The highest BCUT2D eigenvalue weighted by Crippen LogP contribution is 2.41. The van der Waals surface area contributed by atoms with Crippen LogP contribution in [0.5, 0.6) is 0 Å². The van der Waals surface area contributed by atoms with E-state index < -0.39 is 0 Å². The first-order valence-electron chi connectivity index (χ1n) is 9.27. The van der Waals surface area contributed by atoms with Gasteiger partial charge in [0.05, 0.1) is 34.9 Å². The highest BCUT2D eigenvalue weighted by Gasteiger charge is 2.35. The number of aryl methyl sites for hydroxylation is 1. The van der Waals surface area contributed by atoms with Gasteiger partial charge in [0.1, 0.15) is 5.82 Å². The zero-order chi connectivity index (χ0) is 17.9. The van der Waals surface area contributed by atoms with Crippen molar-refractivity contribution >= 4 is 11.0 Å². The molecule has 1 aliphatic heterocycles. The van der Waals surface area contributed by atoms with Crippen LogP contribution in [-0.4, -0.2) is 26.4 Å². The molecule has 0 unspecified atom stereocenters. The van der Waals surface area contributed by atoms with Crippen LogP contribution in [0.15, 0.2) is 42.6 Å². The summed E-state index contributed by atoms with van der Waals surface area (Å²) in [6, 6.07) is 15.0. The molecule has 26 heavy (non-hydrogen) atoms. The molecule has 1 aliphatic rings. The molecule has 5 heteroatoms. The number of pyridine rings is 1. The van der Waals surface area contributed by atoms with E-state index in [1.165, 1.54) is 5.56 Å². The number of fused-ring (bicyclic) bond motifs is 1. The van der Waals surface area contributed by atoms with E-state index in [-0.39, 0.29) is 12.1 Å². The van der Waals surface area contributed by atoms with E-state index in [9.17, 15) is 0 Å². The topological polar surface area (TPSA) is 68.6 Å². The second-order valence-corrected chi connectivity index (χ2v) is 6.95. The number of benzene rings is 1. The number of nitrogens with zero attached hydrogens (tertiary/aromatic N) is 4. The van der Waals surface area contributed by atoms with Crippen molar-refractivity contribution < 1.29 is 0 Å². The van der Waals surface area contributed by atoms with Crippen LogP contribution in [0.2, 0.25) is 0 Å². The summed E-state index contributed by atoms with van der Waals surface area (Å²) in [5.41, 5.74) is 4.41. The number of aromatic nitrogens is 3. The number of H-pyrrole nitrogens is 1. The molecule has 0 bridgehead atoms. The van der Waals surface area contributed by atoms with E-state index >= 15 is 0 Å². The maximum absolute atomic E-state index is 9.16. The van der Waals surface area contributed by atoms with Crippen molar-refractivity contribution in [2.24, 2.45) is 0 Å². The van der Waals surface area contributed by atoms with E-state index in [1.807, 2.05) is 30.5 Å². The van der Waals surface area contributed by atoms with Crippen molar-refractivity contribution in [1.29, 1.82) is 5.26 Å². The standard InChI is InChI=1S/C21H23N5/c1-15-7-5-13-23-20(15)18-10-4-11-19(26(18)14-6-12-22)21-24-16-8-2-3-9-17(16)25-21/h2-3,5,7-9,13,18-19H,4,6,10-11,14H2,1H3,(H,24,25)/t18-,19+/m0/s1. The van der Waals surface area contributed by atoms with Crippen LogP contribution in [0.1, 0.15) is 54.8 Å². The second kappa shape index (κ2) is 7.27. The zero-order valence-electron chi connectivity index (χ0n) is 15.0. The van der Waals surface area contributed by atoms with Gasteiger partial charge in [0, 0.05) is 19.2 Å². The molecule has 1 saturated heterocycles. The summed E-state index contributed by atoms with van der Waals surface area (Å²) < 4.78 is 0. The Morgan fingerprint density at radius 1 is 1.19 bits per heavy atom. The first-order valence-corrected chi connectivity index (χ1v) is 9.27. The third-order valence-corrected chi connectivity index (χ3v) is 5.33. The number of nitrogens with one attached hydrogen (secondary N) is 1. The average molecular weight is 345 g/mol. The van der Waals surface area contributed by atoms with Crippen molar-refractivity contribution in [3.05, 3.63) is 59.7 Å². The Labute approximate surface area is 153 Å². The second-order valence-electron chi connectivity index (χ2n) is 6.95. The van der Waals surface area contributed by atoms with Gasteiger partial charge in [-0.05, 0) is 49.9 Å². The monoisotopic (exact) mass is 345 g/mol. The van der Waals surface area contributed by atoms with E-state index in [4.69, 9.17) is 10.2 Å². The van der Waals surface area contributed by atoms with E-state index in [0.29, 0.717) is 6.42 Å². The van der Waals surface area contributed by atoms with Crippen LogP contribution < -0.4 is 0 Å². The molecular weight excluding hydrogens is 322 g/mol. The molecule has 0 spiro atoms. The molecule has 4 rings (SSSR count). The lowest BCUT2D eigenvalue weighted by atomic mass is 9.91. The molecule has 0 saturated carbocycles. The van der Waals surface area contributed by atoms with Crippen molar-refractivity contribution in [2.75, 3.05) is 6.54 Å². The maximum atomic E-state index is 9.16. The number of aromatic amines is 1. The van der Waals surface area contributed by atoms with Crippen LogP contribution in [0.4, 0.5) is 0 Å². The van der Waals surface area contributed by atoms with Gasteiger partial charge in [0.2, 0.25) is 0 Å². The maximum Gasteiger partial charge on any atom is 0.124 e. The highest BCUT2D eigenvalue weighted by atomic mass is 15.2. The van der Waals surface area contributed by atoms with Gasteiger partial charge in [-0.3, -0.25) is 9.88 Å². The molecule has 5 nitrogen and oxygen atoms in total. The Balaban J connectivity index is 1.72. The lowest BCUT2D eigenvalue weighted by molar-refractivity contribution is 0.0771. The highest BCUT2D eigenvalue weighted by molar-refractivity contribution is 5.74. The molecule has 1 aromatic carbocycles. The largest absolute Gasteiger partial charge is 0.341 e. The molecule has 3 aromatic rings. The predicted octanol–water partition coefficient (Wildman–Crippen LogP) is 4.45. The molecule has 2 atom stereocenters. The number of hydrogen-bond acceptors (Lipinski definition) is 4. The molecule has 1 fully saturated rings. The minimum Gasteiger partial charge on any atom is -0.341 e. The number of likely N-dealkylation sites (tertiary alicyclic amines) is 1. The van der Waals surface area contributed by atoms with Gasteiger partial charge in [-0.1, -0.05) is 18.2 Å². The first-order chi connectivity index (χ1) is 12.8. The minimum atomic E-state index is 0.191. The summed E-state index contributed by atoms with van der Waals surface area (Å²) in [6.07, 6.45) is 5.63. The molecule has 0 radical (unpaired) electrons. The van der Waals surface area contributed by atoms with Gasteiger partial charge < -0.3 is 4.98 Å². The quantitative estimate of drug-likeness (QED) is 0.758. The van der Waals surface area contributed by atoms with Crippen LogP contribution in [0.25, 0.3) is 11.0 Å². The number of rotatable bonds is 4. The Hall–Kier alpha value is -2.71. The van der Waals surface area contributed by atoms with Crippen LogP contribution in [-0.2, 0) is 0 Å². The molecule has 132 valence electrons. The summed E-state index contributed by atoms with van der Waals surface area (Å²) in [4.78, 5) is 15.5. The number of para-hydroxylation sites is 2. The van der Waals surface area contributed by atoms with E-state index in [0.717, 1.165) is 48.4 Å². The Kier molecular flexibility index (Phi) is 4.68. The van der Waals surface area contributed by atoms with E-state index in [2.05, 4.69) is 40.0 Å². The fourth-order valence-corrected chi connectivity index (χ4v) is 4.11. The third kappa shape index (κ3) is 3.09. The fraction of sp³-hybridized carbons (Fsp3) is 0.381. The Bertz CT molecular complexity index is 906. The lowest BCUT2D eigenvalue weighted by Crippen LogP contribution is -2.38. The average Bonchev–Trinajstić information content (AvgIpc) is 3.10. The number of imidazole rings is 1. The van der Waals surface area contributed by atoms with Crippen molar-refractivity contribution in [3.63, 3.8) is 0 Å². The third-order valence-electron chi connectivity index (χ3n) is 5.33. The zero-order valence-corrected chi connectivity index (χ0v) is 15.0. The number of nitriles is 1. The van der Waals surface area contributed by atoms with Gasteiger partial charge >= 0.3 is 0 Å². The minimum absolute atomic E-state index is 0.191. The molecule has 0 amide bonds. The number of hydrogen-bond donors (Lipinski definition) is 1. The van der Waals surface area contributed by atoms with Crippen LogP contribution in [0, 0.1) is 18.3 Å². The fourth-order valence-electron chi connectivity index (χ4n) is 4.11. The van der Waals surface area contributed by atoms with Crippen molar-refractivity contribution in [3.8, 4) is 6.07 Å². The number of piperidine rings is 1. The van der Waals surface area contributed by atoms with Gasteiger partial charge in [-0.25, -0.2) is 4.98 Å². The summed E-state index contributed by atoms with van der Waals surface area (Å²) in [7, 11) is 0. The van der Waals surface area contributed by atoms with E-state index in [1.54, 1.807) is 0 Å². The summed E-state index contributed by atoms with van der Waals surface area (Å²) >= 11 is 0. The lowest BCUT2D eigenvalue weighted by Gasteiger charge is -2.41. The van der Waals surface area contributed by atoms with Crippen molar-refractivity contribution in [1.82, 2.24) is 19.9 Å².